The van der Waals surface area contributed by atoms with E-state index in [1.807, 2.05) is 6.19 Å². The van der Waals surface area contributed by atoms with Crippen LogP contribution >= 0.6 is 11.8 Å². The lowest BCUT2D eigenvalue weighted by Gasteiger charge is -2.06. The number of thioether (sulfide) groups is 1. The van der Waals surface area contributed by atoms with Crippen molar-refractivity contribution in [2.24, 2.45) is 4.99 Å². The standard InChI is InChI=1S/C17H14FN3O2S/c1-23-16(22)13-7-12(8-14(18)9-13)11-3-5-15(6-4-11)21-17(24-2)20-10-19/h3-9H,1-2H3,(H,20,21). The summed E-state index contributed by atoms with van der Waals surface area (Å²) in [5.74, 6) is -1.11. The zero-order chi connectivity index (χ0) is 17.5. The number of ether oxygens (including phenoxy) is 1. The lowest BCUT2D eigenvalue weighted by atomic mass is 10.0. The zero-order valence-corrected chi connectivity index (χ0v) is 13.9. The molecule has 0 atom stereocenters. The predicted molar refractivity (Wildman–Crippen MR) is 92.5 cm³/mol. The van der Waals surface area contributed by atoms with Crippen molar-refractivity contribution in [1.82, 2.24) is 5.32 Å². The Bertz CT molecular complexity index is 814. The van der Waals surface area contributed by atoms with Crippen LogP contribution in [0.15, 0.2) is 47.5 Å². The number of nitriles is 1. The summed E-state index contributed by atoms with van der Waals surface area (Å²) < 4.78 is 18.3. The number of aliphatic imine (C=N–C) groups is 1. The summed E-state index contributed by atoms with van der Waals surface area (Å²) in [4.78, 5) is 15.9. The number of nitrogens with one attached hydrogen (secondary N) is 1. The Morgan fingerprint density at radius 1 is 1.25 bits per heavy atom. The third kappa shape index (κ3) is 4.33. The largest absolute Gasteiger partial charge is 0.465 e. The highest BCUT2D eigenvalue weighted by atomic mass is 32.2. The summed E-state index contributed by atoms with van der Waals surface area (Å²) in [6.07, 6.45) is 3.62. The van der Waals surface area contributed by atoms with E-state index in [-0.39, 0.29) is 5.56 Å². The van der Waals surface area contributed by atoms with E-state index in [2.05, 4.69) is 15.0 Å². The number of methoxy groups -OCH3 is 1. The number of hydrogen-bond donors (Lipinski definition) is 1. The van der Waals surface area contributed by atoms with Gasteiger partial charge >= 0.3 is 5.97 Å². The number of halogens is 1. The first-order chi connectivity index (χ1) is 11.6. The second kappa shape index (κ2) is 8.13. The van der Waals surface area contributed by atoms with Gasteiger partial charge in [-0.25, -0.2) is 14.2 Å². The molecule has 0 aliphatic heterocycles. The smallest absolute Gasteiger partial charge is 0.337 e. The fraction of sp³-hybridized carbons (Fsp3) is 0.118. The number of amidine groups is 1. The van der Waals surface area contributed by atoms with Gasteiger partial charge in [-0.15, -0.1) is 0 Å². The summed E-state index contributed by atoms with van der Waals surface area (Å²) >= 11 is 1.31. The normalized spacial score (nSPS) is 10.8. The SMILES string of the molecule is COC(=O)c1cc(F)cc(-c2ccc(N=C(NC#N)SC)cc2)c1. The van der Waals surface area contributed by atoms with E-state index < -0.39 is 11.8 Å². The highest BCUT2D eigenvalue weighted by Gasteiger charge is 2.10. The predicted octanol–water partition coefficient (Wildman–Crippen LogP) is 3.70. The van der Waals surface area contributed by atoms with Gasteiger partial charge in [-0.1, -0.05) is 23.9 Å². The number of carbonyl (C=O) groups excluding carboxylic acids is 1. The van der Waals surface area contributed by atoms with Gasteiger partial charge in [-0.3, -0.25) is 5.32 Å². The summed E-state index contributed by atoms with van der Waals surface area (Å²) in [7, 11) is 1.25. The van der Waals surface area contributed by atoms with Gasteiger partial charge in [-0.2, -0.15) is 5.26 Å². The average molecular weight is 343 g/mol. The minimum Gasteiger partial charge on any atom is -0.465 e. The first kappa shape index (κ1) is 17.5. The second-order valence-corrected chi connectivity index (χ2v) is 5.42. The molecule has 122 valence electrons. The Hall–Kier alpha value is -2.85. The Kier molecular flexibility index (Phi) is 5.93. The van der Waals surface area contributed by atoms with Crippen molar-refractivity contribution in [3.63, 3.8) is 0 Å². The Morgan fingerprint density at radius 3 is 2.54 bits per heavy atom. The molecule has 0 spiro atoms. The van der Waals surface area contributed by atoms with Crippen LogP contribution in [-0.2, 0) is 4.74 Å². The van der Waals surface area contributed by atoms with E-state index in [1.54, 1.807) is 36.6 Å². The van der Waals surface area contributed by atoms with Crippen LogP contribution in [0.25, 0.3) is 11.1 Å². The van der Waals surface area contributed by atoms with E-state index in [9.17, 15) is 9.18 Å². The van der Waals surface area contributed by atoms with Crippen molar-refractivity contribution >= 4 is 28.6 Å². The number of rotatable bonds is 3. The minimum atomic E-state index is -0.593. The number of nitrogens with zero attached hydrogens (tertiary/aromatic N) is 2. The molecule has 0 aliphatic rings. The molecular weight excluding hydrogens is 329 g/mol. The molecule has 0 bridgehead atoms. The third-order valence-corrected chi connectivity index (χ3v) is 3.69. The molecule has 2 aromatic rings. The summed E-state index contributed by atoms with van der Waals surface area (Å²) in [5, 5.41) is 11.6. The van der Waals surface area contributed by atoms with Crippen molar-refractivity contribution in [2.45, 2.75) is 0 Å². The maximum atomic E-state index is 13.7. The van der Waals surface area contributed by atoms with Crippen LogP contribution in [-0.4, -0.2) is 24.5 Å². The van der Waals surface area contributed by atoms with Gasteiger partial charge < -0.3 is 4.74 Å². The fourth-order valence-electron chi connectivity index (χ4n) is 2.01. The topological polar surface area (TPSA) is 74.5 Å². The lowest BCUT2D eigenvalue weighted by molar-refractivity contribution is 0.0600. The van der Waals surface area contributed by atoms with Gasteiger partial charge in [0.05, 0.1) is 18.4 Å². The fourth-order valence-corrected chi connectivity index (χ4v) is 2.35. The maximum absolute atomic E-state index is 13.7. The molecule has 7 heteroatoms. The van der Waals surface area contributed by atoms with Crippen molar-refractivity contribution in [2.75, 3.05) is 13.4 Å². The number of hydrogen-bond acceptors (Lipinski definition) is 5. The van der Waals surface area contributed by atoms with Crippen molar-refractivity contribution in [3.05, 3.63) is 53.8 Å². The average Bonchev–Trinajstić information content (AvgIpc) is 2.60. The molecule has 2 rings (SSSR count). The lowest BCUT2D eigenvalue weighted by Crippen LogP contribution is -2.12. The molecule has 0 radical (unpaired) electrons. The van der Waals surface area contributed by atoms with Gasteiger partial charge in [0.15, 0.2) is 11.4 Å². The summed E-state index contributed by atoms with van der Waals surface area (Å²) in [5.41, 5.74) is 2.09. The summed E-state index contributed by atoms with van der Waals surface area (Å²) in [6.45, 7) is 0. The number of carbonyl (C=O) groups is 1. The highest BCUT2D eigenvalue weighted by Crippen LogP contribution is 2.25. The van der Waals surface area contributed by atoms with Gasteiger partial charge in [0.1, 0.15) is 5.82 Å². The van der Waals surface area contributed by atoms with Crippen LogP contribution in [0.5, 0.6) is 0 Å². The molecule has 1 N–H and O–H groups in total. The quantitative estimate of drug-likeness (QED) is 0.302. The molecule has 5 nitrogen and oxygen atoms in total. The van der Waals surface area contributed by atoms with Gasteiger partial charge in [-0.05, 0) is 47.7 Å². The molecule has 0 unspecified atom stereocenters. The monoisotopic (exact) mass is 343 g/mol. The van der Waals surface area contributed by atoms with E-state index >= 15 is 0 Å². The summed E-state index contributed by atoms with van der Waals surface area (Å²) in [6, 6.07) is 11.1. The molecule has 0 aromatic heterocycles. The molecule has 0 heterocycles. The maximum Gasteiger partial charge on any atom is 0.337 e. The first-order valence-corrected chi connectivity index (χ1v) is 8.07. The molecule has 0 amide bonds. The van der Waals surface area contributed by atoms with E-state index in [0.717, 1.165) is 11.6 Å². The molecular formula is C17H14FN3O2S. The molecule has 0 fully saturated rings. The highest BCUT2D eigenvalue weighted by molar-refractivity contribution is 8.13. The molecule has 0 saturated heterocycles. The van der Waals surface area contributed by atoms with Crippen molar-refractivity contribution < 1.29 is 13.9 Å². The van der Waals surface area contributed by atoms with Crippen LogP contribution in [0.3, 0.4) is 0 Å². The van der Waals surface area contributed by atoms with Crippen LogP contribution < -0.4 is 5.32 Å². The molecule has 24 heavy (non-hydrogen) atoms. The van der Waals surface area contributed by atoms with Gasteiger partial charge in [0.25, 0.3) is 0 Å². The van der Waals surface area contributed by atoms with Crippen LogP contribution in [0.4, 0.5) is 10.1 Å². The zero-order valence-electron chi connectivity index (χ0n) is 13.0. The number of esters is 1. The Morgan fingerprint density at radius 2 is 1.96 bits per heavy atom. The number of benzene rings is 2. The Labute approximate surface area is 143 Å². The molecule has 0 saturated carbocycles. The van der Waals surface area contributed by atoms with E-state index in [4.69, 9.17) is 5.26 Å². The van der Waals surface area contributed by atoms with Crippen LogP contribution in [0.1, 0.15) is 10.4 Å². The van der Waals surface area contributed by atoms with E-state index in [0.29, 0.717) is 16.4 Å². The van der Waals surface area contributed by atoms with Crippen LogP contribution in [0.2, 0.25) is 0 Å². The van der Waals surface area contributed by atoms with Gasteiger partial charge in [0, 0.05) is 0 Å². The molecule has 0 aliphatic carbocycles. The second-order valence-electron chi connectivity index (χ2n) is 4.62. The first-order valence-electron chi connectivity index (χ1n) is 6.84. The third-order valence-electron chi connectivity index (χ3n) is 3.11. The Balaban J connectivity index is 2.33. The minimum absolute atomic E-state index is 0.150. The molecule has 2 aromatic carbocycles. The van der Waals surface area contributed by atoms with Crippen molar-refractivity contribution in [1.29, 1.82) is 5.26 Å². The van der Waals surface area contributed by atoms with Crippen molar-refractivity contribution in [3.8, 4) is 17.3 Å². The van der Waals surface area contributed by atoms with E-state index in [1.165, 1.54) is 24.9 Å². The van der Waals surface area contributed by atoms with Gasteiger partial charge in [0.2, 0.25) is 0 Å². The van der Waals surface area contributed by atoms with Crippen LogP contribution in [0, 0.1) is 17.3 Å².